The summed E-state index contributed by atoms with van der Waals surface area (Å²) in [6, 6.07) is 9.25. The van der Waals surface area contributed by atoms with Gasteiger partial charge in [0.15, 0.2) is 6.10 Å². The highest BCUT2D eigenvalue weighted by Gasteiger charge is 2.50. The monoisotopic (exact) mass is 317 g/mol. The largest absolute Gasteiger partial charge is 0.458 e. The maximum absolute atomic E-state index is 12.4. The van der Waals surface area contributed by atoms with Crippen LogP contribution in [-0.2, 0) is 19.1 Å². The van der Waals surface area contributed by atoms with Crippen LogP contribution in [0.3, 0.4) is 0 Å². The van der Waals surface area contributed by atoms with Gasteiger partial charge in [-0.15, -0.1) is 0 Å². The lowest BCUT2D eigenvalue weighted by Crippen LogP contribution is -2.48. The van der Waals surface area contributed by atoms with Crippen LogP contribution >= 0.6 is 0 Å². The van der Waals surface area contributed by atoms with Crippen molar-refractivity contribution in [3.8, 4) is 0 Å². The zero-order valence-electron chi connectivity index (χ0n) is 13.9. The number of rotatable bonds is 7. The lowest BCUT2D eigenvalue weighted by Gasteiger charge is -2.30. The molecule has 2 atom stereocenters. The predicted octanol–water partition coefficient (Wildman–Crippen LogP) is 3.26. The van der Waals surface area contributed by atoms with Crippen LogP contribution in [0.4, 0.5) is 0 Å². The molecular formula is C18H23NO4. The molecule has 23 heavy (non-hydrogen) atoms. The first-order valence-electron chi connectivity index (χ1n) is 8.02. The van der Waals surface area contributed by atoms with E-state index < -0.39 is 23.6 Å². The van der Waals surface area contributed by atoms with E-state index in [-0.39, 0.29) is 5.90 Å². The fraction of sp³-hybridized carbons (Fsp3) is 0.500. The summed E-state index contributed by atoms with van der Waals surface area (Å²) < 4.78 is 11.2. The van der Waals surface area contributed by atoms with Crippen molar-refractivity contribution in [3.05, 3.63) is 35.9 Å². The Hall–Kier alpha value is -2.17. The summed E-state index contributed by atoms with van der Waals surface area (Å²) in [6.07, 6.45) is 2.86. The number of amides is 1. The van der Waals surface area contributed by atoms with Gasteiger partial charge < -0.3 is 9.47 Å². The molecule has 0 fully saturated rings. The third-order valence-electron chi connectivity index (χ3n) is 3.95. The fourth-order valence-corrected chi connectivity index (χ4v) is 2.61. The van der Waals surface area contributed by atoms with Crippen LogP contribution in [0.1, 0.15) is 52.0 Å². The van der Waals surface area contributed by atoms with Gasteiger partial charge in [-0.25, -0.2) is 0 Å². The normalized spacial score (nSPS) is 21.5. The molecule has 0 bridgehead atoms. The van der Waals surface area contributed by atoms with E-state index in [0.29, 0.717) is 6.42 Å². The third kappa shape index (κ3) is 3.97. The van der Waals surface area contributed by atoms with Crippen LogP contribution in [0, 0.1) is 0 Å². The van der Waals surface area contributed by atoms with Gasteiger partial charge in [-0.05, 0) is 31.9 Å². The Morgan fingerprint density at radius 2 is 2.00 bits per heavy atom. The van der Waals surface area contributed by atoms with Crippen molar-refractivity contribution in [3.63, 3.8) is 0 Å². The molecule has 1 amide bonds. The number of unbranched alkanes of at least 4 members (excludes halogenated alkanes) is 2. The third-order valence-corrected chi connectivity index (χ3v) is 3.95. The average Bonchev–Trinajstić information content (AvgIpc) is 2.84. The number of hydrogen-bond donors (Lipinski definition) is 0. The van der Waals surface area contributed by atoms with E-state index in [9.17, 15) is 9.59 Å². The quantitative estimate of drug-likeness (QED) is 0.572. The number of esters is 1. The van der Waals surface area contributed by atoms with Gasteiger partial charge in [0.05, 0.1) is 0 Å². The van der Waals surface area contributed by atoms with Gasteiger partial charge >= 0.3 is 5.97 Å². The van der Waals surface area contributed by atoms with Gasteiger partial charge in [0.25, 0.3) is 5.91 Å². The Labute approximate surface area is 136 Å². The summed E-state index contributed by atoms with van der Waals surface area (Å²) >= 11 is 0. The number of benzene rings is 1. The van der Waals surface area contributed by atoms with E-state index in [2.05, 4.69) is 11.9 Å². The van der Waals surface area contributed by atoms with Crippen molar-refractivity contribution in [2.75, 3.05) is 0 Å². The van der Waals surface area contributed by atoms with Crippen molar-refractivity contribution in [2.45, 2.75) is 58.2 Å². The summed E-state index contributed by atoms with van der Waals surface area (Å²) in [4.78, 5) is 27.9. The van der Waals surface area contributed by atoms with Crippen LogP contribution < -0.4 is 0 Å². The summed E-state index contributed by atoms with van der Waals surface area (Å²) in [5, 5.41) is 0. The Balaban J connectivity index is 2.18. The molecule has 124 valence electrons. The van der Waals surface area contributed by atoms with E-state index in [1.807, 2.05) is 30.3 Å². The Kier molecular flexibility index (Phi) is 5.53. The lowest BCUT2D eigenvalue weighted by molar-refractivity contribution is -0.163. The number of hydrogen-bond acceptors (Lipinski definition) is 4. The van der Waals surface area contributed by atoms with E-state index in [1.54, 1.807) is 6.92 Å². The zero-order valence-corrected chi connectivity index (χ0v) is 13.9. The molecule has 0 saturated heterocycles. The molecule has 0 unspecified atom stereocenters. The van der Waals surface area contributed by atoms with E-state index in [4.69, 9.17) is 9.47 Å². The number of carbonyl (C=O) groups is 2. The average molecular weight is 317 g/mol. The molecule has 1 aliphatic heterocycles. The number of ether oxygens (including phenoxy) is 2. The van der Waals surface area contributed by atoms with Crippen LogP contribution in [0.5, 0.6) is 0 Å². The van der Waals surface area contributed by atoms with E-state index in [1.165, 1.54) is 6.92 Å². The van der Waals surface area contributed by atoms with Crippen LogP contribution in [-0.4, -0.2) is 29.5 Å². The summed E-state index contributed by atoms with van der Waals surface area (Å²) in [7, 11) is 0. The van der Waals surface area contributed by atoms with E-state index in [0.717, 1.165) is 24.8 Å². The van der Waals surface area contributed by atoms with Crippen molar-refractivity contribution >= 4 is 17.8 Å². The molecule has 1 aromatic rings. The molecule has 5 heteroatoms. The standard InChI is InChI=1S/C18H23NO4/c1-4-5-7-12-15(22-13(2)20)18(3)17(21)19-16(23-18)14-10-8-6-9-11-14/h6,8-11,15H,4-5,7,12H2,1-3H3/t15-,18+/m0/s1. The number of carbonyl (C=O) groups excluding carboxylic acids is 2. The minimum atomic E-state index is -1.26. The molecule has 0 saturated carbocycles. The van der Waals surface area contributed by atoms with Gasteiger partial charge in [0.1, 0.15) is 0 Å². The van der Waals surface area contributed by atoms with Gasteiger partial charge in [-0.2, -0.15) is 4.99 Å². The molecule has 0 radical (unpaired) electrons. The summed E-state index contributed by atoms with van der Waals surface area (Å²) in [6.45, 7) is 5.08. The Morgan fingerprint density at radius 1 is 1.30 bits per heavy atom. The topological polar surface area (TPSA) is 65.0 Å². The molecular weight excluding hydrogens is 294 g/mol. The highest BCUT2D eigenvalue weighted by Crippen LogP contribution is 2.31. The Bertz CT molecular complexity index is 596. The van der Waals surface area contributed by atoms with Gasteiger partial charge in [0.2, 0.25) is 11.5 Å². The Morgan fingerprint density at radius 3 is 2.61 bits per heavy atom. The van der Waals surface area contributed by atoms with Gasteiger partial charge in [-0.1, -0.05) is 38.0 Å². The molecule has 2 rings (SSSR count). The second-order valence-corrected chi connectivity index (χ2v) is 5.89. The molecule has 0 spiro atoms. The van der Waals surface area contributed by atoms with Crippen molar-refractivity contribution in [1.82, 2.24) is 0 Å². The molecule has 1 aromatic carbocycles. The van der Waals surface area contributed by atoms with Gasteiger partial charge in [0, 0.05) is 12.5 Å². The maximum atomic E-state index is 12.4. The van der Waals surface area contributed by atoms with Crippen molar-refractivity contribution < 1.29 is 19.1 Å². The zero-order chi connectivity index (χ0) is 16.9. The minimum absolute atomic E-state index is 0.283. The molecule has 0 aliphatic carbocycles. The van der Waals surface area contributed by atoms with Gasteiger partial charge in [-0.3, -0.25) is 9.59 Å². The van der Waals surface area contributed by atoms with Crippen LogP contribution in [0.2, 0.25) is 0 Å². The van der Waals surface area contributed by atoms with Crippen molar-refractivity contribution in [2.24, 2.45) is 4.99 Å². The maximum Gasteiger partial charge on any atom is 0.303 e. The summed E-state index contributed by atoms with van der Waals surface area (Å²) in [5.41, 5.74) is -0.523. The summed E-state index contributed by atoms with van der Waals surface area (Å²) in [5.74, 6) is -0.540. The van der Waals surface area contributed by atoms with Crippen LogP contribution in [0.15, 0.2) is 35.3 Å². The SMILES string of the molecule is CCCCC[C@H](OC(C)=O)[C@@]1(C)OC(c2ccccc2)=NC1=O. The molecule has 5 nitrogen and oxygen atoms in total. The second-order valence-electron chi connectivity index (χ2n) is 5.89. The fourth-order valence-electron chi connectivity index (χ4n) is 2.61. The van der Waals surface area contributed by atoms with Crippen molar-refractivity contribution in [1.29, 1.82) is 0 Å². The highest BCUT2D eigenvalue weighted by molar-refractivity contribution is 6.09. The molecule has 0 N–H and O–H groups in total. The predicted molar refractivity (Wildman–Crippen MR) is 87.2 cm³/mol. The molecule has 0 aromatic heterocycles. The smallest absolute Gasteiger partial charge is 0.303 e. The first kappa shape index (κ1) is 17.2. The number of nitrogens with zero attached hydrogens (tertiary/aromatic N) is 1. The highest BCUT2D eigenvalue weighted by atomic mass is 16.6. The number of aliphatic imine (C=N–C) groups is 1. The first-order chi connectivity index (χ1) is 11.0. The first-order valence-corrected chi connectivity index (χ1v) is 8.02. The molecule has 1 aliphatic rings. The second kappa shape index (κ2) is 7.40. The molecule has 1 heterocycles. The lowest BCUT2D eigenvalue weighted by atomic mass is 9.93. The van der Waals surface area contributed by atoms with E-state index >= 15 is 0 Å². The minimum Gasteiger partial charge on any atom is -0.458 e. The van der Waals surface area contributed by atoms with Crippen LogP contribution in [0.25, 0.3) is 0 Å².